The van der Waals surface area contributed by atoms with Gasteiger partial charge in [-0.2, -0.15) is 0 Å². The standard InChI is InChI=1S/C55H38O/c56-55(51-35-48(39-18-6-1-7-19-39)34-49(36-51)40-20-8-2-9-21-40)47-31-17-29-45(33-47)44-28-16-30-46(32-44)54-52(42-24-12-4-13-25-42)37-50(41-22-10-3-11-23-41)38-53(54)43-26-14-5-15-27-43/h1-38H. The van der Waals surface area contributed by atoms with Gasteiger partial charge in [-0.15, -0.1) is 0 Å². The van der Waals surface area contributed by atoms with Gasteiger partial charge >= 0.3 is 0 Å². The van der Waals surface area contributed by atoms with Crippen LogP contribution in [0.5, 0.6) is 0 Å². The molecule has 0 amide bonds. The van der Waals surface area contributed by atoms with E-state index in [-0.39, 0.29) is 5.78 Å². The first-order valence-corrected chi connectivity index (χ1v) is 19.0. The molecular formula is C55H38O. The lowest BCUT2D eigenvalue weighted by atomic mass is 9.84. The maximum Gasteiger partial charge on any atom is 0.193 e. The van der Waals surface area contributed by atoms with Gasteiger partial charge < -0.3 is 0 Å². The van der Waals surface area contributed by atoms with E-state index >= 15 is 0 Å². The summed E-state index contributed by atoms with van der Waals surface area (Å²) >= 11 is 0. The molecule has 0 bridgehead atoms. The van der Waals surface area contributed by atoms with Gasteiger partial charge in [-0.05, 0) is 120 Å². The summed E-state index contributed by atoms with van der Waals surface area (Å²) in [4.78, 5) is 14.4. The van der Waals surface area contributed by atoms with Crippen LogP contribution in [0.15, 0.2) is 231 Å². The van der Waals surface area contributed by atoms with Crippen molar-refractivity contribution in [1.29, 1.82) is 0 Å². The zero-order valence-electron chi connectivity index (χ0n) is 30.8. The molecule has 0 saturated carbocycles. The molecule has 264 valence electrons. The van der Waals surface area contributed by atoms with Crippen molar-refractivity contribution in [1.82, 2.24) is 0 Å². The summed E-state index contributed by atoms with van der Waals surface area (Å²) < 4.78 is 0. The van der Waals surface area contributed by atoms with Crippen LogP contribution in [-0.2, 0) is 0 Å². The summed E-state index contributed by atoms with van der Waals surface area (Å²) in [6.07, 6.45) is 0. The van der Waals surface area contributed by atoms with Crippen molar-refractivity contribution in [2.45, 2.75) is 0 Å². The first-order chi connectivity index (χ1) is 27.7. The van der Waals surface area contributed by atoms with Gasteiger partial charge in [0.05, 0.1) is 0 Å². The van der Waals surface area contributed by atoms with Crippen molar-refractivity contribution in [2.75, 3.05) is 0 Å². The Bertz CT molecular complexity index is 2650. The van der Waals surface area contributed by atoms with Crippen LogP contribution >= 0.6 is 0 Å². The van der Waals surface area contributed by atoms with E-state index in [1.54, 1.807) is 0 Å². The molecule has 0 atom stereocenters. The van der Waals surface area contributed by atoms with Crippen molar-refractivity contribution in [3.05, 3.63) is 242 Å². The lowest BCUT2D eigenvalue weighted by Crippen LogP contribution is -2.02. The highest BCUT2D eigenvalue weighted by molar-refractivity contribution is 6.11. The fraction of sp³-hybridized carbons (Fsp3) is 0. The molecule has 0 aromatic heterocycles. The minimum Gasteiger partial charge on any atom is -0.289 e. The van der Waals surface area contributed by atoms with E-state index in [9.17, 15) is 4.79 Å². The van der Waals surface area contributed by atoms with Gasteiger partial charge in [0.1, 0.15) is 0 Å². The van der Waals surface area contributed by atoms with Gasteiger partial charge in [0.2, 0.25) is 0 Å². The fourth-order valence-electron chi connectivity index (χ4n) is 7.66. The van der Waals surface area contributed by atoms with Gasteiger partial charge in [-0.3, -0.25) is 4.79 Å². The smallest absolute Gasteiger partial charge is 0.193 e. The Kier molecular flexibility index (Phi) is 9.56. The van der Waals surface area contributed by atoms with Crippen LogP contribution in [0.4, 0.5) is 0 Å². The average Bonchev–Trinajstić information content (AvgIpc) is 3.29. The zero-order chi connectivity index (χ0) is 37.7. The number of ketones is 1. The van der Waals surface area contributed by atoms with Crippen LogP contribution in [0.25, 0.3) is 77.9 Å². The molecule has 1 heteroatoms. The second kappa shape index (κ2) is 15.6. The zero-order valence-corrected chi connectivity index (χ0v) is 30.8. The molecule has 56 heavy (non-hydrogen) atoms. The Morgan fingerprint density at radius 2 is 0.554 bits per heavy atom. The van der Waals surface area contributed by atoms with Crippen LogP contribution in [0.2, 0.25) is 0 Å². The number of hydrogen-bond acceptors (Lipinski definition) is 1. The van der Waals surface area contributed by atoms with Gasteiger partial charge in [-0.25, -0.2) is 0 Å². The molecule has 0 aliphatic carbocycles. The van der Waals surface area contributed by atoms with E-state index in [0.29, 0.717) is 11.1 Å². The van der Waals surface area contributed by atoms with Crippen LogP contribution in [0.3, 0.4) is 0 Å². The van der Waals surface area contributed by atoms with E-state index in [2.05, 4.69) is 164 Å². The minimum absolute atomic E-state index is 0.00723. The van der Waals surface area contributed by atoms with Crippen LogP contribution in [-0.4, -0.2) is 5.78 Å². The molecule has 9 aromatic rings. The first-order valence-electron chi connectivity index (χ1n) is 19.0. The van der Waals surface area contributed by atoms with E-state index in [0.717, 1.165) is 50.1 Å². The highest BCUT2D eigenvalue weighted by Gasteiger charge is 2.19. The molecule has 0 aliphatic heterocycles. The summed E-state index contributed by atoms with van der Waals surface area (Å²) in [5.74, 6) is -0.00723. The van der Waals surface area contributed by atoms with Gasteiger partial charge in [0.15, 0.2) is 5.78 Å². The van der Waals surface area contributed by atoms with E-state index < -0.39 is 0 Å². The molecule has 0 saturated heterocycles. The summed E-state index contributed by atoms with van der Waals surface area (Å²) in [5, 5.41) is 0. The Balaban J connectivity index is 1.16. The number of hydrogen-bond donors (Lipinski definition) is 0. The first kappa shape index (κ1) is 34.4. The van der Waals surface area contributed by atoms with Crippen molar-refractivity contribution in [2.24, 2.45) is 0 Å². The Hall–Kier alpha value is -7.35. The molecule has 0 N–H and O–H groups in total. The molecule has 0 fully saturated rings. The summed E-state index contributed by atoms with van der Waals surface area (Å²) in [6, 6.07) is 80.1. The largest absolute Gasteiger partial charge is 0.289 e. The lowest BCUT2D eigenvalue weighted by Gasteiger charge is -2.20. The monoisotopic (exact) mass is 714 g/mol. The topological polar surface area (TPSA) is 17.1 Å². The predicted molar refractivity (Wildman–Crippen MR) is 234 cm³/mol. The average molecular weight is 715 g/mol. The summed E-state index contributed by atoms with van der Waals surface area (Å²) in [6.45, 7) is 0. The van der Waals surface area contributed by atoms with Crippen LogP contribution in [0, 0.1) is 0 Å². The Morgan fingerprint density at radius 1 is 0.232 bits per heavy atom. The van der Waals surface area contributed by atoms with Gasteiger partial charge in [0, 0.05) is 11.1 Å². The number of benzene rings is 9. The number of rotatable bonds is 9. The highest BCUT2D eigenvalue weighted by atomic mass is 16.1. The van der Waals surface area contributed by atoms with Crippen molar-refractivity contribution in [3.63, 3.8) is 0 Å². The van der Waals surface area contributed by atoms with Crippen LogP contribution < -0.4 is 0 Å². The number of carbonyl (C=O) groups excluding carboxylic acids is 1. The van der Waals surface area contributed by atoms with Crippen molar-refractivity contribution in [3.8, 4) is 77.9 Å². The third-order valence-electron chi connectivity index (χ3n) is 10.4. The maximum absolute atomic E-state index is 14.4. The van der Waals surface area contributed by atoms with E-state index in [1.165, 1.54) is 27.8 Å². The summed E-state index contributed by atoms with van der Waals surface area (Å²) in [7, 11) is 0. The summed E-state index contributed by atoms with van der Waals surface area (Å²) in [5.41, 5.74) is 16.8. The molecule has 0 unspecified atom stereocenters. The molecule has 9 aromatic carbocycles. The third kappa shape index (κ3) is 7.14. The van der Waals surface area contributed by atoms with Gasteiger partial charge in [0.25, 0.3) is 0 Å². The Labute approximate surface area is 328 Å². The molecule has 0 aliphatic rings. The predicted octanol–water partition coefficient (Wildman–Crippen LogP) is 14.6. The molecule has 0 heterocycles. The van der Waals surface area contributed by atoms with E-state index in [4.69, 9.17) is 0 Å². The minimum atomic E-state index is -0.00723. The second-order valence-electron chi connectivity index (χ2n) is 14.1. The van der Waals surface area contributed by atoms with Gasteiger partial charge in [-0.1, -0.05) is 188 Å². The Morgan fingerprint density at radius 3 is 1.02 bits per heavy atom. The van der Waals surface area contributed by atoms with E-state index in [1.807, 2.05) is 66.7 Å². The molecule has 9 rings (SSSR count). The number of carbonyl (C=O) groups is 1. The second-order valence-corrected chi connectivity index (χ2v) is 14.1. The van der Waals surface area contributed by atoms with Crippen molar-refractivity contribution >= 4 is 5.78 Å². The lowest BCUT2D eigenvalue weighted by molar-refractivity contribution is 0.103. The molecular weight excluding hydrogens is 677 g/mol. The normalized spacial score (nSPS) is 10.9. The fourth-order valence-corrected chi connectivity index (χ4v) is 7.66. The SMILES string of the molecule is O=C(c1cccc(-c2cccc(-c3c(-c4ccccc4)cc(-c4ccccc4)cc3-c3ccccc3)c2)c1)c1cc(-c2ccccc2)cc(-c2ccccc2)c1. The quantitative estimate of drug-likeness (QED) is 0.136. The highest BCUT2D eigenvalue weighted by Crippen LogP contribution is 2.44. The molecule has 0 spiro atoms. The van der Waals surface area contributed by atoms with Crippen LogP contribution in [0.1, 0.15) is 15.9 Å². The molecule has 0 radical (unpaired) electrons. The third-order valence-corrected chi connectivity index (χ3v) is 10.4. The maximum atomic E-state index is 14.4. The molecule has 1 nitrogen and oxygen atoms in total. The van der Waals surface area contributed by atoms with Crippen molar-refractivity contribution < 1.29 is 4.79 Å².